The number of pyridine rings is 1. The molecule has 0 bridgehead atoms. The van der Waals surface area contributed by atoms with Gasteiger partial charge in [0.05, 0.1) is 19.3 Å². The Hall–Kier alpha value is -2.44. The largest absolute Gasteiger partial charge is 0.487 e. The van der Waals surface area contributed by atoms with Gasteiger partial charge in [0, 0.05) is 12.6 Å². The molecule has 0 spiro atoms. The molecule has 106 valence electrons. The van der Waals surface area contributed by atoms with Crippen LogP contribution in [-0.2, 0) is 11.3 Å². The number of ether oxygens (including phenoxy) is 1. The van der Waals surface area contributed by atoms with E-state index in [9.17, 15) is 4.79 Å². The van der Waals surface area contributed by atoms with Crippen LogP contribution in [0.5, 0.6) is 5.75 Å². The Morgan fingerprint density at radius 3 is 3.10 bits per heavy atom. The summed E-state index contributed by atoms with van der Waals surface area (Å²) < 4.78 is 7.23. The average molecular weight is 275 g/mol. The Morgan fingerprint density at radius 2 is 2.40 bits per heavy atom. The van der Waals surface area contributed by atoms with Crippen LogP contribution in [0.2, 0.25) is 0 Å². The van der Waals surface area contributed by atoms with Crippen molar-refractivity contribution in [1.82, 2.24) is 25.1 Å². The van der Waals surface area contributed by atoms with Crippen molar-refractivity contribution in [2.75, 3.05) is 6.54 Å². The van der Waals surface area contributed by atoms with Gasteiger partial charge in [-0.05, 0) is 19.1 Å². The zero-order valence-corrected chi connectivity index (χ0v) is 11.3. The highest BCUT2D eigenvalue weighted by Gasteiger charge is 2.07. The highest BCUT2D eigenvalue weighted by Crippen LogP contribution is 2.08. The molecule has 0 aromatic carbocycles. The maximum atomic E-state index is 11.7. The number of nitrogens with one attached hydrogen (secondary N) is 1. The summed E-state index contributed by atoms with van der Waals surface area (Å²) in [6.07, 6.45) is 6.60. The number of carbonyl (C=O) groups is 1. The van der Waals surface area contributed by atoms with Crippen molar-refractivity contribution >= 4 is 5.91 Å². The van der Waals surface area contributed by atoms with Crippen LogP contribution in [-0.4, -0.2) is 38.3 Å². The van der Waals surface area contributed by atoms with Crippen molar-refractivity contribution in [3.05, 3.63) is 37.2 Å². The molecule has 1 atom stereocenters. The number of carbonyl (C=O) groups excluding carboxylic acids is 1. The minimum absolute atomic E-state index is 0.0397. The minimum Gasteiger partial charge on any atom is -0.487 e. The molecule has 0 radical (unpaired) electrons. The summed E-state index contributed by atoms with van der Waals surface area (Å²) >= 11 is 0. The standard InChI is InChI=1S/C13H17N5O2/c1-11(20-12-3-2-5-14-8-12)7-16-13(19)4-6-18-10-15-9-17-18/h2-3,5,8-11H,4,6-7H2,1H3,(H,16,19). The van der Waals surface area contributed by atoms with Gasteiger partial charge < -0.3 is 10.1 Å². The number of nitrogens with zero attached hydrogens (tertiary/aromatic N) is 4. The van der Waals surface area contributed by atoms with Crippen molar-refractivity contribution in [2.45, 2.75) is 26.0 Å². The predicted molar refractivity (Wildman–Crippen MR) is 72.0 cm³/mol. The molecule has 0 aliphatic carbocycles. The van der Waals surface area contributed by atoms with Crippen LogP contribution in [0.15, 0.2) is 37.2 Å². The van der Waals surface area contributed by atoms with Crippen molar-refractivity contribution in [1.29, 1.82) is 0 Å². The van der Waals surface area contributed by atoms with E-state index in [1.54, 1.807) is 29.5 Å². The molecular formula is C13H17N5O2. The second-order valence-electron chi connectivity index (χ2n) is 4.33. The third-order valence-electron chi connectivity index (χ3n) is 2.59. The van der Waals surface area contributed by atoms with Gasteiger partial charge in [0.2, 0.25) is 5.91 Å². The van der Waals surface area contributed by atoms with Crippen LogP contribution in [0, 0.1) is 0 Å². The Kier molecular flexibility index (Phi) is 5.05. The third-order valence-corrected chi connectivity index (χ3v) is 2.59. The highest BCUT2D eigenvalue weighted by atomic mass is 16.5. The predicted octanol–water partition coefficient (Wildman–Crippen LogP) is 0.647. The molecule has 7 nitrogen and oxygen atoms in total. The molecule has 0 aliphatic rings. The number of aryl methyl sites for hydroxylation is 1. The van der Waals surface area contributed by atoms with Crippen molar-refractivity contribution in [2.24, 2.45) is 0 Å². The monoisotopic (exact) mass is 275 g/mol. The molecule has 7 heteroatoms. The van der Waals surface area contributed by atoms with E-state index in [1.165, 1.54) is 6.33 Å². The van der Waals surface area contributed by atoms with Crippen LogP contribution in [0.3, 0.4) is 0 Å². The number of hydrogen-bond donors (Lipinski definition) is 1. The van der Waals surface area contributed by atoms with E-state index in [0.29, 0.717) is 25.3 Å². The quantitative estimate of drug-likeness (QED) is 0.802. The first-order valence-electron chi connectivity index (χ1n) is 6.40. The van der Waals surface area contributed by atoms with E-state index >= 15 is 0 Å². The Morgan fingerprint density at radius 1 is 1.50 bits per heavy atom. The van der Waals surface area contributed by atoms with E-state index < -0.39 is 0 Å². The summed E-state index contributed by atoms with van der Waals surface area (Å²) in [5.41, 5.74) is 0. The van der Waals surface area contributed by atoms with Crippen LogP contribution in [0.25, 0.3) is 0 Å². The van der Waals surface area contributed by atoms with Crippen LogP contribution < -0.4 is 10.1 Å². The summed E-state index contributed by atoms with van der Waals surface area (Å²) in [6.45, 7) is 2.86. The lowest BCUT2D eigenvalue weighted by molar-refractivity contribution is -0.121. The lowest BCUT2D eigenvalue weighted by Gasteiger charge is -2.15. The SMILES string of the molecule is CC(CNC(=O)CCn1cncn1)Oc1cccnc1. The topological polar surface area (TPSA) is 81.9 Å². The normalized spacial score (nSPS) is 11.8. The zero-order chi connectivity index (χ0) is 14.2. The Bertz CT molecular complexity index is 515. The van der Waals surface area contributed by atoms with Gasteiger partial charge in [-0.15, -0.1) is 0 Å². The molecule has 0 saturated heterocycles. The molecular weight excluding hydrogens is 258 g/mol. The minimum atomic E-state index is -0.116. The van der Waals surface area contributed by atoms with Crippen molar-refractivity contribution < 1.29 is 9.53 Å². The van der Waals surface area contributed by atoms with Crippen molar-refractivity contribution in [3.63, 3.8) is 0 Å². The van der Waals surface area contributed by atoms with E-state index in [0.717, 1.165) is 0 Å². The van der Waals surface area contributed by atoms with Gasteiger partial charge in [-0.1, -0.05) is 0 Å². The van der Waals surface area contributed by atoms with Crippen LogP contribution in [0.4, 0.5) is 0 Å². The molecule has 0 saturated carbocycles. The highest BCUT2D eigenvalue weighted by molar-refractivity contribution is 5.75. The molecule has 20 heavy (non-hydrogen) atoms. The first-order valence-corrected chi connectivity index (χ1v) is 6.40. The summed E-state index contributed by atoms with van der Waals surface area (Å²) in [6, 6.07) is 3.63. The molecule has 2 heterocycles. The van der Waals surface area contributed by atoms with E-state index in [-0.39, 0.29) is 12.0 Å². The zero-order valence-electron chi connectivity index (χ0n) is 11.3. The van der Waals surface area contributed by atoms with E-state index in [2.05, 4.69) is 20.4 Å². The van der Waals surface area contributed by atoms with Gasteiger partial charge in [0.25, 0.3) is 0 Å². The number of rotatable bonds is 7. The maximum Gasteiger partial charge on any atom is 0.221 e. The van der Waals surface area contributed by atoms with Gasteiger partial charge in [-0.2, -0.15) is 5.10 Å². The van der Waals surface area contributed by atoms with Crippen LogP contribution >= 0.6 is 0 Å². The van der Waals surface area contributed by atoms with Gasteiger partial charge in [-0.3, -0.25) is 14.5 Å². The fourth-order valence-corrected chi connectivity index (χ4v) is 1.60. The molecule has 1 amide bonds. The second kappa shape index (κ2) is 7.22. The second-order valence-corrected chi connectivity index (χ2v) is 4.33. The number of amides is 1. The first kappa shape index (κ1) is 14.0. The summed E-state index contributed by atoms with van der Waals surface area (Å²) in [5.74, 6) is 0.652. The Balaban J connectivity index is 1.65. The average Bonchev–Trinajstić information content (AvgIpc) is 2.97. The first-order chi connectivity index (χ1) is 9.74. The molecule has 0 aliphatic heterocycles. The van der Waals surface area contributed by atoms with Crippen LogP contribution in [0.1, 0.15) is 13.3 Å². The third kappa shape index (κ3) is 4.68. The van der Waals surface area contributed by atoms with E-state index in [4.69, 9.17) is 4.74 Å². The molecule has 2 aromatic rings. The molecule has 2 aromatic heterocycles. The van der Waals surface area contributed by atoms with Gasteiger partial charge in [-0.25, -0.2) is 4.98 Å². The number of hydrogen-bond acceptors (Lipinski definition) is 5. The van der Waals surface area contributed by atoms with Gasteiger partial charge in [0.15, 0.2) is 0 Å². The molecule has 0 fully saturated rings. The van der Waals surface area contributed by atoms with Gasteiger partial charge in [0.1, 0.15) is 24.5 Å². The lowest BCUT2D eigenvalue weighted by Crippen LogP contribution is -2.34. The number of aromatic nitrogens is 4. The van der Waals surface area contributed by atoms with Crippen molar-refractivity contribution in [3.8, 4) is 5.75 Å². The van der Waals surface area contributed by atoms with E-state index in [1.807, 2.05) is 13.0 Å². The maximum absolute atomic E-state index is 11.7. The molecule has 1 N–H and O–H groups in total. The fourth-order valence-electron chi connectivity index (χ4n) is 1.60. The van der Waals surface area contributed by atoms with Gasteiger partial charge >= 0.3 is 0 Å². The summed E-state index contributed by atoms with van der Waals surface area (Å²) in [4.78, 5) is 19.4. The lowest BCUT2D eigenvalue weighted by atomic mass is 10.3. The summed E-state index contributed by atoms with van der Waals surface area (Å²) in [5, 5.41) is 6.75. The fraction of sp³-hybridized carbons (Fsp3) is 0.385. The smallest absolute Gasteiger partial charge is 0.221 e. The summed E-state index contributed by atoms with van der Waals surface area (Å²) in [7, 11) is 0. The molecule has 1 unspecified atom stereocenters. The Labute approximate surface area is 117 Å². The molecule has 2 rings (SSSR count).